The predicted octanol–water partition coefficient (Wildman–Crippen LogP) is 4.31. The van der Waals surface area contributed by atoms with Crippen molar-refractivity contribution in [3.63, 3.8) is 0 Å². The van der Waals surface area contributed by atoms with Crippen LogP contribution in [0.5, 0.6) is 0 Å². The third-order valence-electron chi connectivity index (χ3n) is 3.19. The van der Waals surface area contributed by atoms with Gasteiger partial charge in [0.15, 0.2) is 0 Å². The Kier molecular flexibility index (Phi) is 4.38. The summed E-state index contributed by atoms with van der Waals surface area (Å²) >= 11 is 3.18. The van der Waals surface area contributed by atoms with Crippen LogP contribution in [0.4, 0.5) is 4.39 Å². The van der Waals surface area contributed by atoms with Crippen molar-refractivity contribution in [3.05, 3.63) is 35.1 Å². The quantitative estimate of drug-likeness (QED) is 0.805. The number of nitrogens with one attached hydrogen (secondary N) is 1. The van der Waals surface area contributed by atoms with E-state index < -0.39 is 0 Å². The lowest BCUT2D eigenvalue weighted by Gasteiger charge is -2.06. The highest BCUT2D eigenvalue weighted by molar-refractivity contribution is 7.99. The van der Waals surface area contributed by atoms with Gasteiger partial charge in [-0.2, -0.15) is 0 Å². The molecule has 0 amide bonds. The van der Waals surface area contributed by atoms with E-state index in [1.165, 1.54) is 30.2 Å². The Bertz CT molecular complexity index is 593. The molecular weight excluding hydrogens is 291 g/mol. The molecule has 1 fully saturated rings. The summed E-state index contributed by atoms with van der Waals surface area (Å²) in [5.74, 6) is 0.747. The summed E-state index contributed by atoms with van der Waals surface area (Å²) in [6.07, 6.45) is 2.53. The maximum Gasteiger partial charge on any atom is 0.134 e. The summed E-state index contributed by atoms with van der Waals surface area (Å²) < 4.78 is 14.1. The van der Waals surface area contributed by atoms with Gasteiger partial charge in [0.1, 0.15) is 10.8 Å². The lowest BCUT2D eigenvalue weighted by Crippen LogP contribution is -2.15. The average molecular weight is 308 g/mol. The number of hydrogen-bond donors (Lipinski definition) is 1. The molecule has 1 saturated carbocycles. The molecule has 1 aromatic heterocycles. The van der Waals surface area contributed by atoms with Gasteiger partial charge in [-0.25, -0.2) is 9.37 Å². The van der Waals surface area contributed by atoms with Gasteiger partial charge in [-0.1, -0.05) is 13.0 Å². The zero-order chi connectivity index (χ0) is 13.9. The molecule has 3 rings (SSSR count). The van der Waals surface area contributed by atoms with Crippen LogP contribution in [0.15, 0.2) is 28.5 Å². The van der Waals surface area contributed by atoms with E-state index in [0.29, 0.717) is 11.6 Å². The molecule has 5 heteroatoms. The van der Waals surface area contributed by atoms with Gasteiger partial charge in [-0.3, -0.25) is 0 Å². The van der Waals surface area contributed by atoms with Crippen molar-refractivity contribution >= 4 is 23.1 Å². The van der Waals surface area contributed by atoms with Crippen LogP contribution >= 0.6 is 23.1 Å². The minimum absolute atomic E-state index is 0.181. The van der Waals surface area contributed by atoms with Crippen LogP contribution in [-0.4, -0.2) is 16.8 Å². The second-order valence-corrected chi connectivity index (χ2v) is 7.01. The number of nitrogens with zero attached hydrogens (tertiary/aromatic N) is 1. The van der Waals surface area contributed by atoms with Crippen LogP contribution in [0.25, 0.3) is 10.6 Å². The van der Waals surface area contributed by atoms with Crippen molar-refractivity contribution in [1.82, 2.24) is 10.3 Å². The van der Waals surface area contributed by atoms with Gasteiger partial charge in [0.05, 0.1) is 11.3 Å². The maximum atomic E-state index is 14.1. The molecule has 0 unspecified atom stereocenters. The summed E-state index contributed by atoms with van der Waals surface area (Å²) in [4.78, 5) is 5.56. The fourth-order valence-electron chi connectivity index (χ4n) is 2.03. The molecule has 1 heterocycles. The topological polar surface area (TPSA) is 24.9 Å². The van der Waals surface area contributed by atoms with Crippen LogP contribution in [0, 0.1) is 5.82 Å². The molecular formula is C15H17FN2S2. The lowest BCUT2D eigenvalue weighted by molar-refractivity contribution is 0.627. The van der Waals surface area contributed by atoms with Gasteiger partial charge < -0.3 is 5.32 Å². The SMILES string of the molecule is CCSc1cccc(F)c1-c1nc(CNC2CC2)cs1. The smallest absolute Gasteiger partial charge is 0.134 e. The van der Waals surface area contributed by atoms with E-state index in [1.54, 1.807) is 17.8 Å². The third kappa shape index (κ3) is 3.22. The summed E-state index contributed by atoms with van der Waals surface area (Å²) in [6, 6.07) is 5.91. The van der Waals surface area contributed by atoms with Gasteiger partial charge in [-0.05, 0) is 30.7 Å². The zero-order valence-electron chi connectivity index (χ0n) is 11.4. The van der Waals surface area contributed by atoms with Gasteiger partial charge in [0.2, 0.25) is 0 Å². The summed E-state index contributed by atoms with van der Waals surface area (Å²) in [5, 5.41) is 6.25. The standard InChI is InChI=1S/C15H17FN2S2/c1-2-19-13-5-3-4-12(16)14(13)15-18-11(9-20-15)8-17-10-6-7-10/h3-5,9-10,17H,2,6-8H2,1H3. The maximum absolute atomic E-state index is 14.1. The Hall–Kier alpha value is -0.910. The average Bonchev–Trinajstić information content (AvgIpc) is 3.15. The molecule has 0 atom stereocenters. The number of aromatic nitrogens is 1. The van der Waals surface area contributed by atoms with Crippen LogP contribution in [0.2, 0.25) is 0 Å². The minimum atomic E-state index is -0.181. The number of benzene rings is 1. The van der Waals surface area contributed by atoms with Crippen LogP contribution < -0.4 is 5.32 Å². The molecule has 2 nitrogen and oxygen atoms in total. The number of thiazole rings is 1. The van der Waals surface area contributed by atoms with Crippen molar-refractivity contribution in [2.45, 2.75) is 37.2 Å². The highest BCUT2D eigenvalue weighted by Crippen LogP contribution is 2.35. The van der Waals surface area contributed by atoms with E-state index in [4.69, 9.17) is 0 Å². The normalized spacial score (nSPS) is 14.7. The molecule has 0 radical (unpaired) electrons. The van der Waals surface area contributed by atoms with Crippen molar-refractivity contribution in [2.24, 2.45) is 0 Å². The van der Waals surface area contributed by atoms with Crippen LogP contribution in [0.3, 0.4) is 0 Å². The number of halogens is 1. The Labute approximate surface area is 126 Å². The van der Waals surface area contributed by atoms with Gasteiger partial charge in [0, 0.05) is 22.9 Å². The van der Waals surface area contributed by atoms with Crippen molar-refractivity contribution in [3.8, 4) is 10.6 Å². The molecule has 1 N–H and O–H groups in total. The molecule has 0 spiro atoms. The Morgan fingerprint density at radius 1 is 1.45 bits per heavy atom. The molecule has 2 aromatic rings. The van der Waals surface area contributed by atoms with Crippen molar-refractivity contribution in [2.75, 3.05) is 5.75 Å². The molecule has 20 heavy (non-hydrogen) atoms. The Balaban J connectivity index is 1.84. The highest BCUT2D eigenvalue weighted by atomic mass is 32.2. The predicted molar refractivity (Wildman–Crippen MR) is 83.8 cm³/mol. The third-order valence-corrected chi connectivity index (χ3v) is 5.04. The fourth-order valence-corrected chi connectivity index (χ4v) is 3.79. The first-order chi connectivity index (χ1) is 9.78. The molecule has 0 aliphatic heterocycles. The number of rotatable bonds is 6. The van der Waals surface area contributed by atoms with Gasteiger partial charge in [0.25, 0.3) is 0 Å². The highest BCUT2D eigenvalue weighted by Gasteiger charge is 2.21. The fraction of sp³-hybridized carbons (Fsp3) is 0.400. The second kappa shape index (κ2) is 6.24. The number of hydrogen-bond acceptors (Lipinski definition) is 4. The van der Waals surface area contributed by atoms with Gasteiger partial charge in [-0.15, -0.1) is 23.1 Å². The molecule has 1 aliphatic rings. The van der Waals surface area contributed by atoms with E-state index in [1.807, 2.05) is 11.4 Å². The largest absolute Gasteiger partial charge is 0.308 e. The molecule has 106 valence electrons. The summed E-state index contributed by atoms with van der Waals surface area (Å²) in [6.45, 7) is 2.86. The summed E-state index contributed by atoms with van der Waals surface area (Å²) in [7, 11) is 0. The molecule has 1 aliphatic carbocycles. The van der Waals surface area contributed by atoms with Crippen LogP contribution in [-0.2, 0) is 6.54 Å². The van der Waals surface area contributed by atoms with E-state index in [9.17, 15) is 4.39 Å². The minimum Gasteiger partial charge on any atom is -0.308 e. The van der Waals surface area contributed by atoms with E-state index in [2.05, 4.69) is 17.2 Å². The Morgan fingerprint density at radius 3 is 3.05 bits per heavy atom. The lowest BCUT2D eigenvalue weighted by atomic mass is 10.2. The van der Waals surface area contributed by atoms with Crippen LogP contribution in [0.1, 0.15) is 25.5 Å². The van der Waals surface area contributed by atoms with E-state index in [-0.39, 0.29) is 5.82 Å². The van der Waals surface area contributed by atoms with E-state index in [0.717, 1.165) is 27.9 Å². The Morgan fingerprint density at radius 2 is 2.30 bits per heavy atom. The number of thioether (sulfide) groups is 1. The van der Waals surface area contributed by atoms with Gasteiger partial charge >= 0.3 is 0 Å². The van der Waals surface area contributed by atoms with Crippen molar-refractivity contribution < 1.29 is 4.39 Å². The molecule has 0 bridgehead atoms. The van der Waals surface area contributed by atoms with Crippen molar-refractivity contribution in [1.29, 1.82) is 0 Å². The second-order valence-electron chi connectivity index (χ2n) is 4.85. The molecule has 0 saturated heterocycles. The molecule has 1 aromatic carbocycles. The van der Waals surface area contributed by atoms with E-state index >= 15 is 0 Å². The summed E-state index contributed by atoms with van der Waals surface area (Å²) in [5.41, 5.74) is 1.66. The first kappa shape index (κ1) is 14.0. The zero-order valence-corrected chi connectivity index (χ0v) is 13.0. The first-order valence-electron chi connectivity index (χ1n) is 6.87. The monoisotopic (exact) mass is 308 g/mol. The first-order valence-corrected chi connectivity index (χ1v) is 8.74.